The molecule has 0 spiro atoms. The van der Waals surface area contributed by atoms with E-state index in [0.717, 1.165) is 21.6 Å². The Hall–Kier alpha value is -1.03. The molecular formula is C11H13ClN2O. The summed E-state index contributed by atoms with van der Waals surface area (Å²) in [5, 5.41) is 10.6. The van der Waals surface area contributed by atoms with Crippen molar-refractivity contribution in [2.45, 2.75) is 12.5 Å². The van der Waals surface area contributed by atoms with Crippen LogP contribution in [0.25, 0.3) is 10.9 Å². The summed E-state index contributed by atoms with van der Waals surface area (Å²) in [5.74, 6) is 0. The molecule has 1 aromatic heterocycles. The van der Waals surface area contributed by atoms with Crippen LogP contribution in [-0.4, -0.2) is 22.7 Å². The summed E-state index contributed by atoms with van der Waals surface area (Å²) in [6.45, 7) is -0.00385. The molecule has 1 aromatic carbocycles. The van der Waals surface area contributed by atoms with Gasteiger partial charge in [0, 0.05) is 34.1 Å². The third-order valence-corrected chi connectivity index (χ3v) is 2.59. The Bertz CT molecular complexity index is 467. The lowest BCUT2D eigenvalue weighted by Gasteiger charge is -2.04. The molecule has 0 amide bonds. The van der Waals surface area contributed by atoms with E-state index in [1.807, 2.05) is 24.3 Å². The van der Waals surface area contributed by atoms with E-state index in [1.54, 1.807) is 0 Å². The van der Waals surface area contributed by atoms with Crippen molar-refractivity contribution >= 4 is 22.5 Å². The number of aliphatic hydroxyl groups excluding tert-OH is 1. The molecule has 80 valence electrons. The number of aromatic amines is 1. The van der Waals surface area contributed by atoms with Crippen molar-refractivity contribution in [2.75, 3.05) is 6.61 Å². The molecule has 0 saturated heterocycles. The first kappa shape index (κ1) is 10.5. The molecule has 3 nitrogen and oxygen atoms in total. The first-order chi connectivity index (χ1) is 7.19. The average molecular weight is 225 g/mol. The molecule has 0 aliphatic heterocycles. The molecule has 4 heteroatoms. The Balaban J connectivity index is 2.30. The number of H-pyrrole nitrogens is 1. The maximum absolute atomic E-state index is 8.86. The van der Waals surface area contributed by atoms with Gasteiger partial charge < -0.3 is 15.8 Å². The number of halogens is 1. The quantitative estimate of drug-likeness (QED) is 0.743. The lowest BCUT2D eigenvalue weighted by atomic mass is 10.2. The Morgan fingerprint density at radius 1 is 1.40 bits per heavy atom. The molecule has 0 fully saturated rings. The highest BCUT2D eigenvalue weighted by Gasteiger charge is 2.05. The van der Waals surface area contributed by atoms with E-state index in [4.69, 9.17) is 22.4 Å². The molecule has 1 heterocycles. The van der Waals surface area contributed by atoms with Crippen molar-refractivity contribution in [1.82, 2.24) is 4.98 Å². The van der Waals surface area contributed by atoms with Crippen molar-refractivity contribution in [3.63, 3.8) is 0 Å². The van der Waals surface area contributed by atoms with Crippen LogP contribution in [0.3, 0.4) is 0 Å². The van der Waals surface area contributed by atoms with E-state index in [9.17, 15) is 0 Å². The van der Waals surface area contributed by atoms with Gasteiger partial charge in [-0.1, -0.05) is 11.6 Å². The number of nitrogens with one attached hydrogen (secondary N) is 1. The Morgan fingerprint density at radius 2 is 2.20 bits per heavy atom. The number of aromatic nitrogens is 1. The average Bonchev–Trinajstić information content (AvgIpc) is 2.59. The van der Waals surface area contributed by atoms with E-state index in [0.29, 0.717) is 6.42 Å². The first-order valence-corrected chi connectivity index (χ1v) is 5.20. The topological polar surface area (TPSA) is 62.0 Å². The van der Waals surface area contributed by atoms with Crippen LogP contribution in [-0.2, 0) is 6.42 Å². The smallest absolute Gasteiger partial charge is 0.0586 e. The molecular weight excluding hydrogens is 212 g/mol. The number of rotatable bonds is 3. The van der Waals surface area contributed by atoms with E-state index in [2.05, 4.69) is 4.98 Å². The predicted octanol–water partition coefficient (Wildman–Crippen LogP) is 1.68. The minimum atomic E-state index is -0.214. The third-order valence-electron chi connectivity index (χ3n) is 2.36. The molecule has 0 aliphatic carbocycles. The molecule has 0 aliphatic rings. The van der Waals surface area contributed by atoms with Crippen LogP contribution in [0.1, 0.15) is 5.69 Å². The van der Waals surface area contributed by atoms with Gasteiger partial charge in [-0.05, 0) is 24.3 Å². The standard InChI is InChI=1S/C11H13ClN2O/c12-8-1-2-11-7(3-8)4-10(14-11)5-9(13)6-15/h1-4,9,14-15H,5-6,13H2. The summed E-state index contributed by atoms with van der Waals surface area (Å²) in [7, 11) is 0. The Morgan fingerprint density at radius 3 is 2.93 bits per heavy atom. The normalized spacial score (nSPS) is 13.3. The Kier molecular flexibility index (Phi) is 2.95. The summed E-state index contributed by atoms with van der Waals surface area (Å²) in [6, 6.07) is 7.48. The highest BCUT2D eigenvalue weighted by atomic mass is 35.5. The van der Waals surface area contributed by atoms with Crippen LogP contribution in [0, 0.1) is 0 Å². The second-order valence-corrected chi connectivity index (χ2v) is 4.11. The number of hydrogen-bond acceptors (Lipinski definition) is 2. The van der Waals surface area contributed by atoms with Crippen LogP contribution < -0.4 is 5.73 Å². The number of fused-ring (bicyclic) bond motifs is 1. The van der Waals surface area contributed by atoms with Crippen LogP contribution in [0.5, 0.6) is 0 Å². The van der Waals surface area contributed by atoms with Crippen molar-refractivity contribution in [3.8, 4) is 0 Å². The number of hydrogen-bond donors (Lipinski definition) is 3. The first-order valence-electron chi connectivity index (χ1n) is 4.82. The van der Waals surface area contributed by atoms with E-state index < -0.39 is 0 Å². The van der Waals surface area contributed by atoms with E-state index in [1.165, 1.54) is 0 Å². The fourth-order valence-corrected chi connectivity index (χ4v) is 1.80. The lowest BCUT2D eigenvalue weighted by molar-refractivity contribution is 0.265. The molecule has 1 unspecified atom stereocenters. The van der Waals surface area contributed by atoms with E-state index >= 15 is 0 Å². The number of aliphatic hydroxyl groups is 1. The van der Waals surface area contributed by atoms with Crippen LogP contribution >= 0.6 is 11.6 Å². The van der Waals surface area contributed by atoms with Crippen molar-refractivity contribution in [3.05, 3.63) is 35.0 Å². The minimum Gasteiger partial charge on any atom is -0.395 e. The van der Waals surface area contributed by atoms with Gasteiger partial charge in [-0.3, -0.25) is 0 Å². The van der Waals surface area contributed by atoms with Gasteiger partial charge in [-0.25, -0.2) is 0 Å². The Labute approximate surface area is 92.9 Å². The fourth-order valence-electron chi connectivity index (χ4n) is 1.62. The van der Waals surface area contributed by atoms with Gasteiger partial charge >= 0.3 is 0 Å². The zero-order chi connectivity index (χ0) is 10.8. The van der Waals surface area contributed by atoms with Crippen LogP contribution in [0.4, 0.5) is 0 Å². The van der Waals surface area contributed by atoms with Gasteiger partial charge in [-0.2, -0.15) is 0 Å². The molecule has 1 atom stereocenters. The molecule has 0 bridgehead atoms. The lowest BCUT2D eigenvalue weighted by Crippen LogP contribution is -2.26. The minimum absolute atomic E-state index is 0.00385. The predicted molar refractivity (Wildman–Crippen MR) is 62.1 cm³/mol. The largest absolute Gasteiger partial charge is 0.395 e. The number of benzene rings is 1. The van der Waals surface area contributed by atoms with Gasteiger partial charge in [-0.15, -0.1) is 0 Å². The maximum atomic E-state index is 8.86. The molecule has 4 N–H and O–H groups in total. The highest BCUT2D eigenvalue weighted by Crippen LogP contribution is 2.20. The zero-order valence-corrected chi connectivity index (χ0v) is 8.96. The van der Waals surface area contributed by atoms with Crippen molar-refractivity contribution in [1.29, 1.82) is 0 Å². The van der Waals surface area contributed by atoms with Crippen LogP contribution in [0.2, 0.25) is 5.02 Å². The maximum Gasteiger partial charge on any atom is 0.0586 e. The van der Waals surface area contributed by atoms with Gasteiger partial charge in [0.25, 0.3) is 0 Å². The molecule has 2 aromatic rings. The molecule has 15 heavy (non-hydrogen) atoms. The summed E-state index contributed by atoms with van der Waals surface area (Å²) in [5.41, 5.74) is 7.72. The van der Waals surface area contributed by atoms with E-state index in [-0.39, 0.29) is 12.6 Å². The fraction of sp³-hybridized carbons (Fsp3) is 0.273. The summed E-state index contributed by atoms with van der Waals surface area (Å²) in [6.07, 6.45) is 0.642. The molecule has 0 saturated carbocycles. The monoisotopic (exact) mass is 224 g/mol. The zero-order valence-electron chi connectivity index (χ0n) is 8.20. The molecule has 0 radical (unpaired) electrons. The van der Waals surface area contributed by atoms with Crippen molar-refractivity contribution in [2.24, 2.45) is 5.73 Å². The molecule has 2 rings (SSSR count). The van der Waals surface area contributed by atoms with Gasteiger partial charge in [0.05, 0.1) is 6.61 Å². The summed E-state index contributed by atoms with van der Waals surface area (Å²) < 4.78 is 0. The van der Waals surface area contributed by atoms with Gasteiger partial charge in [0.2, 0.25) is 0 Å². The summed E-state index contributed by atoms with van der Waals surface area (Å²) >= 11 is 5.88. The second-order valence-electron chi connectivity index (χ2n) is 3.67. The van der Waals surface area contributed by atoms with Crippen LogP contribution in [0.15, 0.2) is 24.3 Å². The van der Waals surface area contributed by atoms with Gasteiger partial charge in [0.15, 0.2) is 0 Å². The van der Waals surface area contributed by atoms with Crippen molar-refractivity contribution < 1.29 is 5.11 Å². The second kappa shape index (κ2) is 4.23. The highest BCUT2D eigenvalue weighted by molar-refractivity contribution is 6.31. The SMILES string of the molecule is NC(CO)Cc1cc2cc(Cl)ccc2[nH]1. The number of nitrogens with two attached hydrogens (primary N) is 1. The summed E-state index contributed by atoms with van der Waals surface area (Å²) in [4.78, 5) is 3.24. The third kappa shape index (κ3) is 2.31. The van der Waals surface area contributed by atoms with Gasteiger partial charge in [0.1, 0.15) is 0 Å².